The Kier molecular flexibility index (Phi) is 4.77. The lowest BCUT2D eigenvalue weighted by Gasteiger charge is -2.21. The predicted octanol–water partition coefficient (Wildman–Crippen LogP) is 4.49. The van der Waals surface area contributed by atoms with Crippen LogP contribution in [0.15, 0.2) is 84.8 Å². The van der Waals surface area contributed by atoms with Crippen LogP contribution >= 0.6 is 11.3 Å². The first kappa shape index (κ1) is 18.8. The number of carbonyl (C=O) groups excluding carboxylic acids is 1. The molecular formula is C22H17N7OS. The van der Waals surface area contributed by atoms with E-state index in [0.29, 0.717) is 11.3 Å². The number of fused-ring (bicyclic) bond motifs is 1. The number of aromatic nitrogens is 4. The minimum absolute atomic E-state index is 0.262. The van der Waals surface area contributed by atoms with Crippen LogP contribution in [0.3, 0.4) is 0 Å². The van der Waals surface area contributed by atoms with E-state index in [1.807, 2.05) is 57.4 Å². The molecule has 4 aromatic heterocycles. The third-order valence-electron chi connectivity index (χ3n) is 4.71. The van der Waals surface area contributed by atoms with E-state index in [1.165, 1.54) is 11.3 Å². The van der Waals surface area contributed by atoms with E-state index in [0.717, 1.165) is 22.3 Å². The summed E-state index contributed by atoms with van der Waals surface area (Å²) in [7, 11) is 0. The second-order valence-electron chi connectivity index (χ2n) is 6.63. The molecule has 1 aromatic carbocycles. The van der Waals surface area contributed by atoms with Gasteiger partial charge in [-0.15, -0.1) is 11.3 Å². The van der Waals surface area contributed by atoms with Gasteiger partial charge < -0.3 is 11.1 Å². The smallest absolute Gasteiger partial charge is 0.255 e. The van der Waals surface area contributed by atoms with Gasteiger partial charge in [0.2, 0.25) is 0 Å². The van der Waals surface area contributed by atoms with Gasteiger partial charge in [0.1, 0.15) is 17.3 Å². The highest BCUT2D eigenvalue weighted by molar-refractivity contribution is 7.13. The van der Waals surface area contributed by atoms with Crippen molar-refractivity contribution in [2.24, 2.45) is 0 Å². The number of hydrogen-bond donors (Lipinski definition) is 2. The Morgan fingerprint density at radius 3 is 2.65 bits per heavy atom. The first-order valence-corrected chi connectivity index (χ1v) is 10.3. The predicted molar refractivity (Wildman–Crippen MR) is 122 cm³/mol. The number of nitrogens with zero attached hydrogens (tertiary/aromatic N) is 5. The monoisotopic (exact) mass is 427 g/mol. The molecule has 0 fully saturated rings. The van der Waals surface area contributed by atoms with Crippen molar-refractivity contribution in [3.63, 3.8) is 0 Å². The molecular weight excluding hydrogens is 410 g/mol. The Bertz CT molecular complexity index is 1350. The number of nitrogens with two attached hydrogens (primary N) is 1. The molecule has 152 valence electrons. The van der Waals surface area contributed by atoms with Crippen molar-refractivity contribution in [2.75, 3.05) is 16.0 Å². The molecule has 0 bridgehead atoms. The van der Waals surface area contributed by atoms with Gasteiger partial charge in [-0.3, -0.25) is 14.1 Å². The normalized spacial score (nSPS) is 10.8. The number of hydrogen-bond acceptors (Lipinski definition) is 7. The fourth-order valence-electron chi connectivity index (χ4n) is 3.23. The van der Waals surface area contributed by atoms with Gasteiger partial charge in [-0.1, -0.05) is 6.07 Å². The largest absolute Gasteiger partial charge is 0.382 e. The van der Waals surface area contributed by atoms with Gasteiger partial charge in [0.25, 0.3) is 5.91 Å². The summed E-state index contributed by atoms with van der Waals surface area (Å²) < 4.78 is 1.99. The van der Waals surface area contributed by atoms with E-state index in [4.69, 9.17) is 5.73 Å². The molecule has 0 spiro atoms. The molecule has 4 heterocycles. The summed E-state index contributed by atoms with van der Waals surface area (Å²) in [6, 6.07) is 16.6. The standard InChI is InChI=1S/C22H17N7OS/c23-20-17(4-3-10-24-20)27-21(30)15-6-8-16(9-7-15)29(22-25-11-13-31-22)19-14-26-18-5-1-2-12-28(18)19/h1-14H,(H2,23,24)(H,27,30). The Balaban J connectivity index is 1.48. The summed E-state index contributed by atoms with van der Waals surface area (Å²) in [5.74, 6) is 0.864. The van der Waals surface area contributed by atoms with Crippen LogP contribution in [0.4, 0.5) is 28.1 Å². The lowest BCUT2D eigenvalue weighted by atomic mass is 10.2. The quantitative estimate of drug-likeness (QED) is 0.429. The minimum atomic E-state index is -0.262. The zero-order valence-corrected chi connectivity index (χ0v) is 17.0. The number of thiazole rings is 1. The fraction of sp³-hybridized carbons (Fsp3) is 0. The number of anilines is 5. The molecule has 1 amide bonds. The second kappa shape index (κ2) is 7.88. The number of pyridine rings is 2. The van der Waals surface area contributed by atoms with E-state index in [1.54, 1.807) is 36.7 Å². The Labute approximate surface area is 181 Å². The topological polar surface area (TPSA) is 101 Å². The van der Waals surface area contributed by atoms with E-state index < -0.39 is 0 Å². The summed E-state index contributed by atoms with van der Waals surface area (Å²) in [6.45, 7) is 0. The van der Waals surface area contributed by atoms with Crippen molar-refractivity contribution in [3.05, 3.63) is 90.3 Å². The molecule has 0 saturated carbocycles. The Morgan fingerprint density at radius 2 is 1.87 bits per heavy atom. The molecule has 5 aromatic rings. The van der Waals surface area contributed by atoms with Crippen LogP contribution in [0.1, 0.15) is 10.4 Å². The maximum atomic E-state index is 12.6. The molecule has 0 unspecified atom stereocenters. The van der Waals surface area contributed by atoms with Crippen LogP contribution < -0.4 is 16.0 Å². The fourth-order valence-corrected chi connectivity index (χ4v) is 3.90. The van der Waals surface area contributed by atoms with Gasteiger partial charge in [0, 0.05) is 35.2 Å². The molecule has 0 aliphatic carbocycles. The second-order valence-corrected chi connectivity index (χ2v) is 7.51. The number of nitrogen functional groups attached to an aromatic ring is 1. The number of imidazole rings is 1. The van der Waals surface area contributed by atoms with E-state index in [-0.39, 0.29) is 11.7 Å². The summed E-state index contributed by atoms with van der Waals surface area (Å²) >= 11 is 1.52. The highest BCUT2D eigenvalue weighted by atomic mass is 32.1. The van der Waals surface area contributed by atoms with Crippen LogP contribution in [0.25, 0.3) is 5.65 Å². The van der Waals surface area contributed by atoms with Gasteiger partial charge in [-0.05, 0) is 48.5 Å². The van der Waals surface area contributed by atoms with Gasteiger partial charge in [0.05, 0.1) is 11.9 Å². The zero-order valence-electron chi connectivity index (χ0n) is 16.2. The van der Waals surface area contributed by atoms with Crippen LogP contribution in [-0.2, 0) is 0 Å². The average molecular weight is 427 g/mol. The van der Waals surface area contributed by atoms with E-state index >= 15 is 0 Å². The highest BCUT2D eigenvalue weighted by Crippen LogP contribution is 2.36. The molecule has 0 atom stereocenters. The first-order valence-electron chi connectivity index (χ1n) is 9.44. The maximum absolute atomic E-state index is 12.6. The van der Waals surface area contributed by atoms with Gasteiger partial charge >= 0.3 is 0 Å². The Morgan fingerprint density at radius 1 is 1.00 bits per heavy atom. The van der Waals surface area contributed by atoms with Gasteiger partial charge in [-0.2, -0.15) is 0 Å². The number of rotatable bonds is 5. The zero-order chi connectivity index (χ0) is 21.2. The summed E-state index contributed by atoms with van der Waals surface area (Å²) in [4.78, 5) is 27.6. The van der Waals surface area contributed by atoms with Crippen molar-refractivity contribution >= 4 is 51.0 Å². The lowest BCUT2D eigenvalue weighted by molar-refractivity contribution is 0.102. The molecule has 5 rings (SSSR count). The third kappa shape index (κ3) is 3.58. The van der Waals surface area contributed by atoms with Crippen molar-refractivity contribution in [1.29, 1.82) is 0 Å². The lowest BCUT2D eigenvalue weighted by Crippen LogP contribution is -2.15. The van der Waals surface area contributed by atoms with E-state index in [9.17, 15) is 4.79 Å². The summed E-state index contributed by atoms with van der Waals surface area (Å²) in [6.07, 6.45) is 7.10. The van der Waals surface area contributed by atoms with Crippen molar-refractivity contribution in [3.8, 4) is 0 Å². The number of nitrogens with one attached hydrogen (secondary N) is 1. The third-order valence-corrected chi connectivity index (χ3v) is 5.47. The number of benzene rings is 1. The average Bonchev–Trinajstić information content (AvgIpc) is 3.47. The summed E-state index contributed by atoms with van der Waals surface area (Å²) in [5, 5.41) is 5.51. The van der Waals surface area contributed by atoms with Gasteiger partial charge in [0.15, 0.2) is 5.13 Å². The molecule has 3 N–H and O–H groups in total. The SMILES string of the molecule is Nc1ncccc1NC(=O)c1ccc(N(c2nccs2)c2cnc3ccccn23)cc1. The number of amides is 1. The number of carbonyl (C=O) groups is 1. The summed E-state index contributed by atoms with van der Waals surface area (Å²) in [5.41, 5.74) is 8.50. The van der Waals surface area contributed by atoms with Crippen LogP contribution in [0, 0.1) is 0 Å². The van der Waals surface area contributed by atoms with Crippen molar-refractivity contribution in [1.82, 2.24) is 19.4 Å². The maximum Gasteiger partial charge on any atom is 0.255 e. The van der Waals surface area contributed by atoms with Crippen LogP contribution in [0.5, 0.6) is 0 Å². The van der Waals surface area contributed by atoms with Crippen molar-refractivity contribution in [2.45, 2.75) is 0 Å². The molecule has 8 nitrogen and oxygen atoms in total. The van der Waals surface area contributed by atoms with Crippen LogP contribution in [0.2, 0.25) is 0 Å². The van der Waals surface area contributed by atoms with E-state index in [2.05, 4.69) is 20.3 Å². The van der Waals surface area contributed by atoms with Crippen LogP contribution in [-0.4, -0.2) is 25.3 Å². The molecule has 0 aliphatic heterocycles. The Hall–Kier alpha value is -4.24. The van der Waals surface area contributed by atoms with Crippen molar-refractivity contribution < 1.29 is 4.79 Å². The van der Waals surface area contributed by atoms with Gasteiger partial charge in [-0.25, -0.2) is 15.0 Å². The molecule has 31 heavy (non-hydrogen) atoms. The molecule has 0 radical (unpaired) electrons. The molecule has 0 aliphatic rings. The minimum Gasteiger partial charge on any atom is -0.382 e. The first-order chi connectivity index (χ1) is 15.2. The highest BCUT2D eigenvalue weighted by Gasteiger charge is 2.19. The molecule has 0 saturated heterocycles. The molecule has 9 heteroatoms.